The van der Waals surface area contributed by atoms with Crippen molar-refractivity contribution < 1.29 is 4.39 Å². The molecule has 1 heterocycles. The summed E-state index contributed by atoms with van der Waals surface area (Å²) >= 11 is 5.84. The number of hydrogen-bond donors (Lipinski definition) is 1. The highest BCUT2D eigenvalue weighted by atomic mass is 35.5. The Morgan fingerprint density at radius 2 is 2.36 bits per heavy atom. The summed E-state index contributed by atoms with van der Waals surface area (Å²) in [5.74, 6) is -0.160. The fraction of sp³-hybridized carbons (Fsp3) is 0.455. The molecule has 14 heavy (non-hydrogen) atoms. The zero-order chi connectivity index (χ0) is 10.1. The van der Waals surface area contributed by atoms with Crippen LogP contribution in [-0.4, -0.2) is 6.54 Å². The maximum absolute atomic E-state index is 13.5. The highest BCUT2D eigenvalue weighted by molar-refractivity contribution is 6.30. The molecule has 1 aliphatic heterocycles. The molecule has 0 radical (unpaired) electrons. The van der Waals surface area contributed by atoms with Crippen molar-refractivity contribution in [3.63, 3.8) is 0 Å². The van der Waals surface area contributed by atoms with Gasteiger partial charge < -0.3 is 5.32 Å². The van der Waals surface area contributed by atoms with E-state index in [1.807, 2.05) is 6.07 Å². The molecule has 1 unspecified atom stereocenters. The van der Waals surface area contributed by atoms with Crippen molar-refractivity contribution in [2.45, 2.75) is 25.8 Å². The fourth-order valence-electron chi connectivity index (χ4n) is 2.04. The molecule has 0 amide bonds. The van der Waals surface area contributed by atoms with Gasteiger partial charge in [0.25, 0.3) is 0 Å². The van der Waals surface area contributed by atoms with E-state index in [2.05, 4.69) is 12.2 Å². The van der Waals surface area contributed by atoms with E-state index in [1.165, 1.54) is 6.07 Å². The van der Waals surface area contributed by atoms with Crippen molar-refractivity contribution in [1.29, 1.82) is 0 Å². The third-order valence-electron chi connectivity index (χ3n) is 2.74. The van der Waals surface area contributed by atoms with Crippen molar-refractivity contribution in [2.75, 3.05) is 6.54 Å². The van der Waals surface area contributed by atoms with E-state index in [9.17, 15) is 4.39 Å². The Morgan fingerprint density at radius 1 is 1.57 bits per heavy atom. The van der Waals surface area contributed by atoms with Gasteiger partial charge in [-0.05, 0) is 42.6 Å². The van der Waals surface area contributed by atoms with Crippen LogP contribution in [0.3, 0.4) is 0 Å². The molecule has 0 saturated carbocycles. The summed E-state index contributed by atoms with van der Waals surface area (Å²) in [6.07, 6.45) is 1.72. The Labute approximate surface area is 88.3 Å². The maximum Gasteiger partial charge on any atom is 0.128 e. The van der Waals surface area contributed by atoms with Crippen molar-refractivity contribution in [3.8, 4) is 0 Å². The van der Waals surface area contributed by atoms with Gasteiger partial charge in [-0.1, -0.05) is 18.5 Å². The summed E-state index contributed by atoms with van der Waals surface area (Å²) in [5.41, 5.74) is 1.86. The zero-order valence-electron chi connectivity index (χ0n) is 8.11. The molecule has 1 N–H and O–H groups in total. The number of fused-ring (bicyclic) bond motifs is 1. The molecule has 0 fully saturated rings. The van der Waals surface area contributed by atoms with E-state index in [0.29, 0.717) is 5.02 Å². The molecule has 1 aromatic rings. The molecule has 1 atom stereocenters. The standard InChI is InChI=1S/C11H13ClFN/c1-2-11-9-5-7(12)6-10(13)8(9)3-4-14-11/h5-6,11,14H,2-4H2,1H3. The average Bonchev–Trinajstić information content (AvgIpc) is 2.17. The molecule has 3 heteroatoms. The smallest absolute Gasteiger partial charge is 0.128 e. The van der Waals surface area contributed by atoms with Gasteiger partial charge in [-0.25, -0.2) is 4.39 Å². The molecular formula is C11H13ClFN. The summed E-state index contributed by atoms with van der Waals surface area (Å²) in [6, 6.07) is 3.53. The monoisotopic (exact) mass is 213 g/mol. The predicted octanol–water partition coefficient (Wildman–Crippen LogP) is 3.08. The number of rotatable bonds is 1. The molecule has 2 rings (SSSR count). The van der Waals surface area contributed by atoms with Gasteiger partial charge in [-0.15, -0.1) is 0 Å². The minimum Gasteiger partial charge on any atom is -0.310 e. The average molecular weight is 214 g/mol. The van der Waals surface area contributed by atoms with Gasteiger partial charge in [0.1, 0.15) is 5.82 Å². The van der Waals surface area contributed by atoms with Crippen LogP contribution < -0.4 is 5.32 Å². The lowest BCUT2D eigenvalue weighted by molar-refractivity contribution is 0.476. The van der Waals surface area contributed by atoms with E-state index < -0.39 is 0 Å². The Balaban J connectivity index is 2.51. The second kappa shape index (κ2) is 3.87. The van der Waals surface area contributed by atoms with Crippen LogP contribution in [0.15, 0.2) is 12.1 Å². The van der Waals surface area contributed by atoms with Crippen molar-refractivity contribution in [3.05, 3.63) is 34.1 Å². The van der Waals surface area contributed by atoms with Gasteiger partial charge in [0.2, 0.25) is 0 Å². The Hall–Kier alpha value is -0.600. The first-order valence-electron chi connectivity index (χ1n) is 4.93. The van der Waals surface area contributed by atoms with Gasteiger partial charge in [0, 0.05) is 11.1 Å². The van der Waals surface area contributed by atoms with E-state index in [4.69, 9.17) is 11.6 Å². The van der Waals surface area contributed by atoms with Crippen LogP contribution in [0, 0.1) is 5.82 Å². The summed E-state index contributed by atoms with van der Waals surface area (Å²) in [7, 11) is 0. The maximum atomic E-state index is 13.5. The fourth-order valence-corrected chi connectivity index (χ4v) is 2.26. The first-order chi connectivity index (χ1) is 6.72. The molecule has 76 valence electrons. The third kappa shape index (κ3) is 1.64. The Kier molecular flexibility index (Phi) is 2.75. The summed E-state index contributed by atoms with van der Waals surface area (Å²) in [4.78, 5) is 0. The van der Waals surface area contributed by atoms with Crippen LogP contribution in [0.5, 0.6) is 0 Å². The van der Waals surface area contributed by atoms with Crippen LogP contribution >= 0.6 is 11.6 Å². The van der Waals surface area contributed by atoms with Crippen LogP contribution in [-0.2, 0) is 6.42 Å². The van der Waals surface area contributed by atoms with Crippen LogP contribution in [0.4, 0.5) is 4.39 Å². The molecule has 1 aliphatic rings. The van der Waals surface area contributed by atoms with Crippen molar-refractivity contribution >= 4 is 11.6 Å². The third-order valence-corrected chi connectivity index (χ3v) is 2.96. The van der Waals surface area contributed by atoms with Gasteiger partial charge in [-0.3, -0.25) is 0 Å². The molecular weight excluding hydrogens is 201 g/mol. The van der Waals surface area contributed by atoms with Gasteiger partial charge in [0.15, 0.2) is 0 Å². The van der Waals surface area contributed by atoms with Crippen LogP contribution in [0.25, 0.3) is 0 Å². The first-order valence-corrected chi connectivity index (χ1v) is 5.31. The number of hydrogen-bond acceptors (Lipinski definition) is 1. The van der Waals surface area contributed by atoms with Crippen molar-refractivity contribution in [2.24, 2.45) is 0 Å². The lowest BCUT2D eigenvalue weighted by atomic mass is 9.92. The van der Waals surface area contributed by atoms with Crippen LogP contribution in [0.1, 0.15) is 30.5 Å². The molecule has 0 aliphatic carbocycles. The molecule has 1 aromatic carbocycles. The highest BCUT2D eigenvalue weighted by Gasteiger charge is 2.21. The van der Waals surface area contributed by atoms with Gasteiger partial charge in [-0.2, -0.15) is 0 Å². The minimum absolute atomic E-state index is 0.160. The van der Waals surface area contributed by atoms with E-state index >= 15 is 0 Å². The summed E-state index contributed by atoms with van der Waals surface area (Å²) in [6.45, 7) is 2.94. The SMILES string of the molecule is CCC1NCCc2c(F)cc(Cl)cc21. The van der Waals surface area contributed by atoms with Crippen LogP contribution in [0.2, 0.25) is 5.02 Å². The molecule has 0 spiro atoms. The van der Waals surface area contributed by atoms with E-state index in [1.54, 1.807) is 0 Å². The quantitative estimate of drug-likeness (QED) is 0.756. The normalized spacial score (nSPS) is 20.6. The van der Waals surface area contributed by atoms with Gasteiger partial charge in [0.05, 0.1) is 0 Å². The zero-order valence-corrected chi connectivity index (χ0v) is 8.87. The highest BCUT2D eigenvalue weighted by Crippen LogP contribution is 2.29. The molecule has 1 nitrogen and oxygen atoms in total. The summed E-state index contributed by atoms with van der Waals surface area (Å²) in [5, 5.41) is 3.84. The number of benzene rings is 1. The van der Waals surface area contributed by atoms with Crippen molar-refractivity contribution in [1.82, 2.24) is 5.32 Å². The minimum atomic E-state index is -0.160. The Bertz CT molecular complexity index is 351. The lowest BCUT2D eigenvalue weighted by Gasteiger charge is -2.26. The first kappa shape index (κ1) is 9.94. The Morgan fingerprint density at radius 3 is 3.07 bits per heavy atom. The molecule has 0 aromatic heterocycles. The second-order valence-electron chi connectivity index (χ2n) is 3.62. The van der Waals surface area contributed by atoms with E-state index in [0.717, 1.165) is 30.5 Å². The number of nitrogens with one attached hydrogen (secondary N) is 1. The summed E-state index contributed by atoms with van der Waals surface area (Å²) < 4.78 is 13.5. The number of halogens is 2. The second-order valence-corrected chi connectivity index (χ2v) is 4.06. The lowest BCUT2D eigenvalue weighted by Crippen LogP contribution is -2.30. The predicted molar refractivity (Wildman–Crippen MR) is 56.1 cm³/mol. The topological polar surface area (TPSA) is 12.0 Å². The van der Waals surface area contributed by atoms with Gasteiger partial charge >= 0.3 is 0 Å². The van der Waals surface area contributed by atoms with E-state index in [-0.39, 0.29) is 11.9 Å². The molecule has 0 bridgehead atoms. The largest absolute Gasteiger partial charge is 0.310 e. The molecule has 0 saturated heterocycles.